The van der Waals surface area contributed by atoms with Crippen molar-refractivity contribution in [3.8, 4) is 0 Å². The highest BCUT2D eigenvalue weighted by Gasteiger charge is 2.13. The normalized spacial score (nSPS) is 10.7. The number of hydrogen-bond acceptors (Lipinski definition) is 4. The van der Waals surface area contributed by atoms with E-state index in [1.54, 1.807) is 12.4 Å². The topological polar surface area (TPSA) is 66.9 Å². The van der Waals surface area contributed by atoms with Gasteiger partial charge in [0.15, 0.2) is 0 Å². The van der Waals surface area contributed by atoms with E-state index in [-0.39, 0.29) is 5.91 Å². The number of aromatic nitrogens is 2. The highest BCUT2D eigenvalue weighted by atomic mass is 16.1. The number of fused-ring (bicyclic) bond motifs is 1. The average Bonchev–Trinajstić information content (AvgIpc) is 2.65. The molecule has 5 nitrogen and oxygen atoms in total. The molecule has 134 valence electrons. The summed E-state index contributed by atoms with van der Waals surface area (Å²) in [4.78, 5) is 21.4. The second-order valence-corrected chi connectivity index (χ2v) is 6.49. The van der Waals surface area contributed by atoms with E-state index >= 15 is 0 Å². The van der Waals surface area contributed by atoms with Crippen molar-refractivity contribution in [2.75, 3.05) is 18.4 Å². The van der Waals surface area contributed by atoms with Crippen LogP contribution in [0.15, 0.2) is 42.7 Å². The Hall–Kier alpha value is -2.95. The molecule has 2 aromatic heterocycles. The van der Waals surface area contributed by atoms with Crippen molar-refractivity contribution in [1.82, 2.24) is 15.3 Å². The van der Waals surface area contributed by atoms with Crippen molar-refractivity contribution >= 4 is 22.5 Å². The van der Waals surface area contributed by atoms with Gasteiger partial charge in [0.25, 0.3) is 5.91 Å². The van der Waals surface area contributed by atoms with Crippen LogP contribution in [0, 0.1) is 20.8 Å². The third-order valence-electron chi connectivity index (χ3n) is 4.51. The van der Waals surface area contributed by atoms with E-state index < -0.39 is 0 Å². The van der Waals surface area contributed by atoms with Crippen molar-refractivity contribution in [1.29, 1.82) is 0 Å². The Morgan fingerprint density at radius 1 is 1.12 bits per heavy atom. The molecule has 2 N–H and O–H groups in total. The van der Waals surface area contributed by atoms with Crippen LogP contribution in [-0.4, -0.2) is 29.0 Å². The Morgan fingerprint density at radius 3 is 2.73 bits per heavy atom. The highest BCUT2D eigenvalue weighted by molar-refractivity contribution is 6.07. The number of nitrogens with zero attached hydrogens (tertiary/aromatic N) is 2. The minimum absolute atomic E-state index is 0.0508. The summed E-state index contributed by atoms with van der Waals surface area (Å²) in [5.41, 5.74) is 5.75. The van der Waals surface area contributed by atoms with Gasteiger partial charge in [-0.1, -0.05) is 12.1 Å². The molecule has 0 atom stereocenters. The van der Waals surface area contributed by atoms with Crippen LogP contribution in [0.1, 0.15) is 33.6 Å². The summed E-state index contributed by atoms with van der Waals surface area (Å²) in [7, 11) is 0. The lowest BCUT2D eigenvalue weighted by atomic mass is 10.0. The fourth-order valence-electron chi connectivity index (χ4n) is 2.93. The van der Waals surface area contributed by atoms with E-state index in [4.69, 9.17) is 0 Å². The van der Waals surface area contributed by atoms with Gasteiger partial charge in [0.1, 0.15) is 0 Å². The summed E-state index contributed by atoms with van der Waals surface area (Å²) in [5.74, 6) is -0.0508. The lowest BCUT2D eigenvalue weighted by molar-refractivity contribution is 0.0955. The molecule has 0 radical (unpaired) electrons. The molecule has 0 saturated carbocycles. The van der Waals surface area contributed by atoms with Crippen LogP contribution in [0.25, 0.3) is 10.9 Å². The summed E-state index contributed by atoms with van der Waals surface area (Å²) < 4.78 is 0. The van der Waals surface area contributed by atoms with Crippen LogP contribution in [0.3, 0.4) is 0 Å². The average molecular weight is 348 g/mol. The second-order valence-electron chi connectivity index (χ2n) is 6.49. The zero-order chi connectivity index (χ0) is 18.5. The molecule has 2 heterocycles. The molecular weight excluding hydrogens is 324 g/mol. The van der Waals surface area contributed by atoms with E-state index in [0.717, 1.165) is 40.8 Å². The van der Waals surface area contributed by atoms with Gasteiger partial charge in [-0.3, -0.25) is 14.8 Å². The number of benzene rings is 1. The summed E-state index contributed by atoms with van der Waals surface area (Å²) in [6.07, 6.45) is 4.37. The Bertz CT molecular complexity index is 922. The van der Waals surface area contributed by atoms with Crippen molar-refractivity contribution in [3.05, 3.63) is 65.1 Å². The van der Waals surface area contributed by atoms with Crippen LogP contribution >= 0.6 is 0 Å². The summed E-state index contributed by atoms with van der Waals surface area (Å²) >= 11 is 0. The molecular formula is C21H24N4O. The van der Waals surface area contributed by atoms with Gasteiger partial charge in [0.2, 0.25) is 0 Å². The number of aryl methyl sites for hydroxylation is 3. The van der Waals surface area contributed by atoms with Gasteiger partial charge >= 0.3 is 0 Å². The first-order chi connectivity index (χ1) is 12.6. The molecule has 26 heavy (non-hydrogen) atoms. The first-order valence-corrected chi connectivity index (χ1v) is 8.86. The minimum Gasteiger partial charge on any atom is -0.384 e. The predicted molar refractivity (Wildman–Crippen MR) is 106 cm³/mol. The van der Waals surface area contributed by atoms with Crippen molar-refractivity contribution in [3.63, 3.8) is 0 Å². The Kier molecular flexibility index (Phi) is 5.46. The molecule has 0 aliphatic carbocycles. The lowest BCUT2D eigenvalue weighted by Gasteiger charge is -2.12. The smallest absolute Gasteiger partial charge is 0.252 e. The third kappa shape index (κ3) is 3.99. The molecule has 1 amide bonds. The number of amides is 1. The maximum absolute atomic E-state index is 12.7. The number of carbonyl (C=O) groups excluding carboxylic acids is 1. The quantitative estimate of drug-likeness (QED) is 0.665. The second kappa shape index (κ2) is 7.95. The van der Waals surface area contributed by atoms with Gasteiger partial charge in [-0.25, -0.2) is 0 Å². The fourth-order valence-corrected chi connectivity index (χ4v) is 2.93. The SMILES string of the molecule is Cc1cc(C(=O)NCCCNc2cccnc2)c2ccc(C)c(C)c2n1. The standard InChI is InChI=1S/C21H24N4O/c1-14-7-8-18-19(12-15(2)25-20(18)16(14)3)21(26)24-11-5-10-23-17-6-4-9-22-13-17/h4,6-9,12-13,23H,5,10-11H2,1-3H3,(H,24,26). The molecule has 1 aromatic carbocycles. The minimum atomic E-state index is -0.0508. The zero-order valence-electron chi connectivity index (χ0n) is 15.5. The molecule has 0 unspecified atom stereocenters. The zero-order valence-corrected chi connectivity index (χ0v) is 15.5. The van der Waals surface area contributed by atoms with Gasteiger partial charge in [-0.15, -0.1) is 0 Å². The van der Waals surface area contributed by atoms with Gasteiger partial charge in [0.05, 0.1) is 16.8 Å². The fraction of sp³-hybridized carbons (Fsp3) is 0.286. The number of rotatable bonds is 6. The number of hydrogen-bond donors (Lipinski definition) is 2. The van der Waals surface area contributed by atoms with E-state index in [9.17, 15) is 4.79 Å². The van der Waals surface area contributed by atoms with Crippen LogP contribution in [0.4, 0.5) is 5.69 Å². The summed E-state index contributed by atoms with van der Waals surface area (Å²) in [6.45, 7) is 7.43. The highest BCUT2D eigenvalue weighted by Crippen LogP contribution is 2.23. The summed E-state index contributed by atoms with van der Waals surface area (Å²) in [6, 6.07) is 9.76. The van der Waals surface area contributed by atoms with Crippen molar-refractivity contribution < 1.29 is 4.79 Å². The lowest BCUT2D eigenvalue weighted by Crippen LogP contribution is -2.26. The predicted octanol–water partition coefficient (Wildman–Crippen LogP) is 3.79. The third-order valence-corrected chi connectivity index (χ3v) is 4.51. The van der Waals surface area contributed by atoms with E-state index in [1.165, 1.54) is 5.56 Å². The Balaban J connectivity index is 1.64. The van der Waals surface area contributed by atoms with Crippen LogP contribution in [-0.2, 0) is 0 Å². The Morgan fingerprint density at radius 2 is 1.96 bits per heavy atom. The van der Waals surface area contributed by atoms with Gasteiger partial charge < -0.3 is 10.6 Å². The molecule has 0 bridgehead atoms. The molecule has 5 heteroatoms. The molecule has 0 saturated heterocycles. The largest absolute Gasteiger partial charge is 0.384 e. The van der Waals surface area contributed by atoms with Gasteiger partial charge in [0, 0.05) is 36.6 Å². The van der Waals surface area contributed by atoms with E-state index in [1.807, 2.05) is 37.3 Å². The summed E-state index contributed by atoms with van der Waals surface area (Å²) in [5, 5.41) is 7.21. The van der Waals surface area contributed by atoms with Crippen molar-refractivity contribution in [2.45, 2.75) is 27.2 Å². The van der Waals surface area contributed by atoms with Crippen molar-refractivity contribution in [2.24, 2.45) is 0 Å². The van der Waals surface area contributed by atoms with Crippen LogP contribution in [0.5, 0.6) is 0 Å². The molecule has 0 aliphatic rings. The van der Waals surface area contributed by atoms with Crippen LogP contribution < -0.4 is 10.6 Å². The number of anilines is 1. The molecule has 3 aromatic rings. The Labute approximate surface area is 153 Å². The molecule has 0 fully saturated rings. The molecule has 0 spiro atoms. The molecule has 3 rings (SSSR count). The number of nitrogens with one attached hydrogen (secondary N) is 2. The first-order valence-electron chi connectivity index (χ1n) is 8.86. The van der Waals surface area contributed by atoms with E-state index in [2.05, 4.69) is 34.4 Å². The maximum atomic E-state index is 12.7. The maximum Gasteiger partial charge on any atom is 0.252 e. The monoisotopic (exact) mass is 348 g/mol. The number of carbonyl (C=O) groups is 1. The van der Waals surface area contributed by atoms with Gasteiger partial charge in [-0.2, -0.15) is 0 Å². The first kappa shape index (κ1) is 17.9. The van der Waals surface area contributed by atoms with Crippen LogP contribution in [0.2, 0.25) is 0 Å². The van der Waals surface area contributed by atoms with Gasteiger partial charge in [-0.05, 0) is 56.5 Å². The number of pyridine rings is 2. The van der Waals surface area contributed by atoms with E-state index in [0.29, 0.717) is 12.1 Å². The molecule has 0 aliphatic heterocycles.